The molecule has 0 amide bonds. The van der Waals surface area contributed by atoms with E-state index in [2.05, 4.69) is 24.7 Å². The molecule has 0 radical (unpaired) electrons. The molecule has 0 aromatic heterocycles. The Hall–Kier alpha value is -1.22. The summed E-state index contributed by atoms with van der Waals surface area (Å²) in [6.45, 7) is 4.27. The zero-order valence-corrected chi connectivity index (χ0v) is 7.33. The Bertz CT molecular complexity index is 258. The molecular weight excluding hydrogens is 150 g/mol. The number of hydrogen-bond donors (Lipinski definition) is 2. The molecule has 1 aromatic rings. The van der Waals surface area contributed by atoms with E-state index in [0.717, 1.165) is 16.5 Å². The van der Waals surface area contributed by atoms with Crippen LogP contribution >= 0.6 is 0 Å². The van der Waals surface area contributed by atoms with Gasteiger partial charge in [0.2, 0.25) is 0 Å². The van der Waals surface area contributed by atoms with Gasteiger partial charge in [0, 0.05) is 0 Å². The predicted molar refractivity (Wildman–Crippen MR) is 49.2 cm³/mol. The minimum Gasteiger partial charge on any atom is -0.460 e. The van der Waals surface area contributed by atoms with Crippen molar-refractivity contribution in [3.05, 3.63) is 29.7 Å². The summed E-state index contributed by atoms with van der Waals surface area (Å²) < 4.78 is 0. The van der Waals surface area contributed by atoms with Gasteiger partial charge in [0.25, 0.3) is 0 Å². The quantitative estimate of drug-likeness (QED) is 0.641. The topological polar surface area (TPSA) is 30.6 Å². The van der Waals surface area contributed by atoms with Crippen molar-refractivity contribution >= 4 is 11.4 Å². The Kier molecular flexibility index (Phi) is 1.66. The lowest BCUT2D eigenvalue weighted by molar-refractivity contribution is -0.854. The zero-order chi connectivity index (χ0) is 8.55. The van der Waals surface area contributed by atoms with Crippen molar-refractivity contribution in [1.29, 1.82) is 0 Å². The first-order valence-electron chi connectivity index (χ1n) is 4.22. The molecular formula is C9H13N3. The maximum Gasteiger partial charge on any atom is 0.0991 e. The average molecular weight is 163 g/mol. The predicted octanol–water partition coefficient (Wildman–Crippen LogP) is 1.24. The summed E-state index contributed by atoms with van der Waals surface area (Å²) in [5, 5.41) is 1.07. The highest BCUT2D eigenvalue weighted by Crippen LogP contribution is 2.28. The number of quaternary nitrogens is 1. The number of hydrogen-bond acceptors (Lipinski definition) is 1. The van der Waals surface area contributed by atoms with E-state index < -0.39 is 0 Å². The highest BCUT2D eigenvalue weighted by molar-refractivity contribution is 5.71. The van der Waals surface area contributed by atoms with E-state index in [1.807, 2.05) is 24.3 Å². The van der Waals surface area contributed by atoms with Gasteiger partial charge in [-0.1, -0.05) is 23.9 Å². The molecule has 0 saturated carbocycles. The molecule has 2 rings (SSSR count). The largest absolute Gasteiger partial charge is 0.460 e. The van der Waals surface area contributed by atoms with Gasteiger partial charge in [0.1, 0.15) is 0 Å². The van der Waals surface area contributed by atoms with E-state index in [1.165, 1.54) is 0 Å². The first-order valence-corrected chi connectivity index (χ1v) is 4.22. The minimum absolute atomic E-state index is 0.470. The van der Waals surface area contributed by atoms with E-state index in [-0.39, 0.29) is 0 Å². The van der Waals surface area contributed by atoms with Crippen LogP contribution in [0.3, 0.4) is 0 Å². The van der Waals surface area contributed by atoms with Gasteiger partial charge < -0.3 is 5.43 Å². The lowest BCUT2D eigenvalue weighted by Gasteiger charge is -2.26. The molecule has 3 nitrogen and oxygen atoms in total. The lowest BCUT2D eigenvalue weighted by Crippen LogP contribution is -3.12. The second-order valence-corrected chi connectivity index (χ2v) is 3.29. The molecule has 0 spiro atoms. The molecule has 1 aromatic carbocycles. The van der Waals surface area contributed by atoms with Crippen molar-refractivity contribution in [3.8, 4) is 0 Å². The van der Waals surface area contributed by atoms with Crippen LogP contribution in [0.2, 0.25) is 0 Å². The standard InChI is InChI=1S/C9H13N3/c1-7(2)12-10-8-5-3-4-6-9(8)11-12/h3-7,10,12H,1-2H3. The van der Waals surface area contributed by atoms with Gasteiger partial charge in [-0.25, -0.2) is 5.43 Å². The SMILES string of the molecule is CC(C)[NH+]1[N-]c2ccccc2N1. The number of nitrogens with one attached hydrogen (secondary N) is 2. The van der Waals surface area contributed by atoms with Crippen molar-refractivity contribution in [1.82, 2.24) is 0 Å². The summed E-state index contributed by atoms with van der Waals surface area (Å²) in [5.74, 6) is 0. The van der Waals surface area contributed by atoms with E-state index in [4.69, 9.17) is 0 Å². The molecule has 1 atom stereocenters. The molecule has 1 heterocycles. The highest BCUT2D eigenvalue weighted by Gasteiger charge is 2.13. The Morgan fingerprint density at radius 1 is 1.33 bits per heavy atom. The van der Waals surface area contributed by atoms with E-state index >= 15 is 0 Å². The molecule has 1 unspecified atom stereocenters. The summed E-state index contributed by atoms with van der Waals surface area (Å²) in [6, 6.07) is 8.57. The van der Waals surface area contributed by atoms with Crippen molar-refractivity contribution in [2.45, 2.75) is 19.9 Å². The van der Waals surface area contributed by atoms with Crippen LogP contribution in [-0.2, 0) is 0 Å². The fraction of sp³-hybridized carbons (Fsp3) is 0.333. The van der Waals surface area contributed by atoms with E-state index in [0.29, 0.717) is 6.04 Å². The maximum atomic E-state index is 4.46. The number of benzene rings is 1. The molecule has 0 fully saturated rings. The van der Waals surface area contributed by atoms with Crippen LogP contribution in [0.1, 0.15) is 13.8 Å². The maximum absolute atomic E-state index is 4.46. The number of rotatable bonds is 1. The zero-order valence-electron chi connectivity index (χ0n) is 7.33. The van der Waals surface area contributed by atoms with E-state index in [1.54, 1.807) is 0 Å². The highest BCUT2D eigenvalue weighted by atomic mass is 15.8. The summed E-state index contributed by atoms with van der Waals surface area (Å²) in [5.41, 5.74) is 9.92. The number of para-hydroxylation sites is 2. The Morgan fingerprint density at radius 3 is 2.75 bits per heavy atom. The second kappa shape index (κ2) is 2.68. The molecule has 64 valence electrons. The van der Waals surface area contributed by atoms with Crippen molar-refractivity contribution in [2.75, 3.05) is 5.43 Å². The van der Waals surface area contributed by atoms with Gasteiger partial charge in [-0.15, -0.1) is 0 Å². The van der Waals surface area contributed by atoms with Crippen molar-refractivity contribution < 1.29 is 5.12 Å². The summed E-state index contributed by atoms with van der Waals surface area (Å²) in [7, 11) is 0. The summed E-state index contributed by atoms with van der Waals surface area (Å²) in [4.78, 5) is 0. The number of fused-ring (bicyclic) bond motifs is 1. The van der Waals surface area contributed by atoms with Gasteiger partial charge in [-0.05, 0) is 19.9 Å². The third-order valence-electron chi connectivity index (χ3n) is 1.95. The van der Waals surface area contributed by atoms with Crippen molar-refractivity contribution in [2.24, 2.45) is 0 Å². The lowest BCUT2D eigenvalue weighted by atomic mass is 10.3. The summed E-state index contributed by atoms with van der Waals surface area (Å²) in [6.07, 6.45) is 0. The summed E-state index contributed by atoms with van der Waals surface area (Å²) >= 11 is 0. The van der Waals surface area contributed by atoms with Crippen molar-refractivity contribution in [3.63, 3.8) is 0 Å². The molecule has 1 aliphatic rings. The fourth-order valence-corrected chi connectivity index (χ4v) is 1.25. The Labute approximate surface area is 72.3 Å². The first-order chi connectivity index (χ1) is 5.77. The average Bonchev–Trinajstić information content (AvgIpc) is 2.46. The third-order valence-corrected chi connectivity index (χ3v) is 1.95. The molecule has 0 aliphatic carbocycles. The minimum atomic E-state index is 0.470. The first kappa shape index (κ1) is 7.43. The van der Waals surface area contributed by atoms with Crippen LogP contribution in [0.4, 0.5) is 11.4 Å². The van der Waals surface area contributed by atoms with Gasteiger partial charge in [0.15, 0.2) is 0 Å². The van der Waals surface area contributed by atoms with Gasteiger partial charge in [0.05, 0.1) is 11.7 Å². The second-order valence-electron chi connectivity index (χ2n) is 3.29. The third kappa shape index (κ3) is 1.12. The molecule has 3 heteroatoms. The van der Waals surface area contributed by atoms with Crippen LogP contribution in [0.5, 0.6) is 0 Å². The van der Waals surface area contributed by atoms with E-state index in [9.17, 15) is 0 Å². The molecule has 0 saturated heterocycles. The molecule has 12 heavy (non-hydrogen) atoms. The molecule has 0 bridgehead atoms. The van der Waals surface area contributed by atoms with Crippen LogP contribution in [-0.4, -0.2) is 6.04 Å². The Morgan fingerprint density at radius 2 is 2.08 bits per heavy atom. The van der Waals surface area contributed by atoms with Gasteiger partial charge in [-0.3, -0.25) is 5.12 Å². The molecule has 2 N–H and O–H groups in total. The van der Waals surface area contributed by atoms with Crippen LogP contribution in [0.15, 0.2) is 24.3 Å². The van der Waals surface area contributed by atoms with Crippen LogP contribution in [0, 0.1) is 0 Å². The molecule has 1 aliphatic heterocycles. The van der Waals surface area contributed by atoms with Gasteiger partial charge in [-0.2, -0.15) is 0 Å². The smallest absolute Gasteiger partial charge is 0.0991 e. The fourth-order valence-electron chi connectivity index (χ4n) is 1.25. The van der Waals surface area contributed by atoms with Gasteiger partial charge >= 0.3 is 0 Å². The van der Waals surface area contributed by atoms with Crippen LogP contribution in [0.25, 0.3) is 5.43 Å². The normalized spacial score (nSPS) is 20.1. The Balaban J connectivity index is 2.22. The monoisotopic (exact) mass is 163 g/mol. The number of anilines is 1. The van der Waals surface area contributed by atoms with Crippen LogP contribution < -0.4 is 10.5 Å². The number of nitrogens with zero attached hydrogens (tertiary/aromatic N) is 1.